The predicted molar refractivity (Wildman–Crippen MR) is 65.9 cm³/mol. The minimum absolute atomic E-state index is 0.649. The van der Waals surface area contributed by atoms with E-state index in [1.165, 1.54) is 6.33 Å². The molecule has 4 heteroatoms. The van der Waals surface area contributed by atoms with Crippen molar-refractivity contribution < 1.29 is 4.74 Å². The third-order valence-electron chi connectivity index (χ3n) is 2.32. The number of hydrogen-bond donors (Lipinski definition) is 1. The number of hydrogen-bond acceptors (Lipinski definition) is 4. The molecular weight excluding hydrogens is 202 g/mol. The highest BCUT2D eigenvalue weighted by Crippen LogP contribution is 2.20. The van der Waals surface area contributed by atoms with Crippen LogP contribution in [0.15, 0.2) is 6.33 Å². The monoisotopic (exact) mass is 223 g/mol. The summed E-state index contributed by atoms with van der Waals surface area (Å²) >= 11 is 0. The lowest BCUT2D eigenvalue weighted by Crippen LogP contribution is -2.07. The van der Waals surface area contributed by atoms with Crippen molar-refractivity contribution in [3.05, 3.63) is 11.9 Å². The van der Waals surface area contributed by atoms with E-state index in [0.29, 0.717) is 18.4 Å². The van der Waals surface area contributed by atoms with Crippen LogP contribution in [0.4, 0.5) is 5.82 Å². The number of anilines is 1. The van der Waals surface area contributed by atoms with E-state index in [4.69, 9.17) is 4.74 Å². The topological polar surface area (TPSA) is 47.0 Å². The lowest BCUT2D eigenvalue weighted by Gasteiger charge is -2.11. The molecule has 4 nitrogen and oxygen atoms in total. The van der Waals surface area contributed by atoms with Crippen molar-refractivity contribution in [3.8, 4) is 5.88 Å². The highest BCUT2D eigenvalue weighted by molar-refractivity contribution is 5.47. The van der Waals surface area contributed by atoms with Crippen LogP contribution in [0.5, 0.6) is 5.88 Å². The van der Waals surface area contributed by atoms with Crippen LogP contribution in [0.2, 0.25) is 0 Å². The number of rotatable bonds is 6. The van der Waals surface area contributed by atoms with Gasteiger partial charge in [-0.05, 0) is 26.2 Å². The van der Waals surface area contributed by atoms with Crippen molar-refractivity contribution in [2.45, 2.75) is 34.1 Å². The Bertz CT molecular complexity index is 326. The van der Waals surface area contributed by atoms with E-state index in [1.54, 1.807) is 0 Å². The second kappa shape index (κ2) is 6.30. The van der Waals surface area contributed by atoms with Gasteiger partial charge in [0.15, 0.2) is 0 Å². The highest BCUT2D eigenvalue weighted by atomic mass is 16.5. The van der Waals surface area contributed by atoms with E-state index in [1.807, 2.05) is 13.8 Å². The van der Waals surface area contributed by atoms with Crippen molar-refractivity contribution in [2.24, 2.45) is 5.92 Å². The first-order chi connectivity index (χ1) is 7.65. The molecule has 0 fully saturated rings. The summed E-state index contributed by atoms with van der Waals surface area (Å²) in [5.41, 5.74) is 0.980. The number of ether oxygens (including phenoxy) is 1. The molecule has 0 atom stereocenters. The maximum atomic E-state index is 5.64. The standard InChI is InChI=1S/C12H21N3O/c1-5-13-11-10(4)12(15-8-14-11)16-7-6-9(2)3/h8-9H,5-7H2,1-4H3,(H,13,14,15). The minimum Gasteiger partial charge on any atom is -0.477 e. The molecule has 0 aliphatic heterocycles. The summed E-state index contributed by atoms with van der Waals surface area (Å²) in [4.78, 5) is 8.31. The Morgan fingerprint density at radius 3 is 2.75 bits per heavy atom. The molecule has 1 heterocycles. The SMILES string of the molecule is CCNc1ncnc(OCCC(C)C)c1C. The Hall–Kier alpha value is -1.32. The zero-order valence-corrected chi connectivity index (χ0v) is 10.6. The smallest absolute Gasteiger partial charge is 0.221 e. The maximum Gasteiger partial charge on any atom is 0.221 e. The first kappa shape index (κ1) is 12.7. The average Bonchev–Trinajstić information content (AvgIpc) is 2.23. The largest absolute Gasteiger partial charge is 0.477 e. The lowest BCUT2D eigenvalue weighted by molar-refractivity contribution is 0.277. The number of aromatic nitrogens is 2. The molecular formula is C12H21N3O. The second-order valence-corrected chi connectivity index (χ2v) is 4.21. The fourth-order valence-electron chi connectivity index (χ4n) is 1.32. The third-order valence-corrected chi connectivity index (χ3v) is 2.32. The van der Waals surface area contributed by atoms with Gasteiger partial charge in [0.1, 0.15) is 12.1 Å². The third kappa shape index (κ3) is 3.68. The van der Waals surface area contributed by atoms with Gasteiger partial charge in [-0.1, -0.05) is 13.8 Å². The molecule has 16 heavy (non-hydrogen) atoms. The molecule has 1 aromatic heterocycles. The molecule has 0 radical (unpaired) electrons. The summed E-state index contributed by atoms with van der Waals surface area (Å²) in [5, 5.41) is 3.18. The molecule has 0 aromatic carbocycles. The van der Waals surface area contributed by atoms with E-state index in [2.05, 4.69) is 29.1 Å². The number of nitrogens with one attached hydrogen (secondary N) is 1. The first-order valence-electron chi connectivity index (χ1n) is 5.83. The van der Waals surface area contributed by atoms with Gasteiger partial charge in [-0.3, -0.25) is 0 Å². The van der Waals surface area contributed by atoms with E-state index in [0.717, 1.165) is 24.3 Å². The summed E-state index contributed by atoms with van der Waals surface area (Å²) in [6.07, 6.45) is 2.58. The van der Waals surface area contributed by atoms with E-state index in [-0.39, 0.29) is 0 Å². The average molecular weight is 223 g/mol. The fourth-order valence-corrected chi connectivity index (χ4v) is 1.32. The molecule has 90 valence electrons. The summed E-state index contributed by atoms with van der Waals surface area (Å²) in [7, 11) is 0. The molecule has 1 rings (SSSR count). The molecule has 0 bridgehead atoms. The van der Waals surface area contributed by atoms with Crippen LogP contribution in [-0.2, 0) is 0 Å². The Balaban J connectivity index is 2.62. The van der Waals surface area contributed by atoms with Crippen molar-refractivity contribution in [2.75, 3.05) is 18.5 Å². The Kier molecular flexibility index (Phi) is 5.02. The van der Waals surface area contributed by atoms with Crippen LogP contribution in [0.25, 0.3) is 0 Å². The van der Waals surface area contributed by atoms with Gasteiger partial charge in [-0.25, -0.2) is 9.97 Å². The Morgan fingerprint density at radius 2 is 2.12 bits per heavy atom. The fraction of sp³-hybridized carbons (Fsp3) is 0.667. The molecule has 0 unspecified atom stereocenters. The van der Waals surface area contributed by atoms with Gasteiger partial charge < -0.3 is 10.1 Å². The molecule has 0 amide bonds. The molecule has 0 aliphatic carbocycles. The van der Waals surface area contributed by atoms with Crippen molar-refractivity contribution >= 4 is 5.82 Å². The zero-order chi connectivity index (χ0) is 12.0. The van der Waals surface area contributed by atoms with E-state index < -0.39 is 0 Å². The second-order valence-electron chi connectivity index (χ2n) is 4.21. The predicted octanol–water partition coefficient (Wildman–Crippen LogP) is 2.64. The van der Waals surface area contributed by atoms with Crippen LogP contribution in [0, 0.1) is 12.8 Å². The maximum absolute atomic E-state index is 5.64. The molecule has 1 N–H and O–H groups in total. The van der Waals surface area contributed by atoms with Gasteiger partial charge >= 0.3 is 0 Å². The number of nitrogens with zero attached hydrogens (tertiary/aromatic N) is 2. The van der Waals surface area contributed by atoms with Gasteiger partial charge in [0.05, 0.1) is 12.2 Å². The first-order valence-corrected chi connectivity index (χ1v) is 5.83. The Labute approximate surface area is 97.5 Å². The summed E-state index contributed by atoms with van der Waals surface area (Å²) < 4.78 is 5.64. The lowest BCUT2D eigenvalue weighted by atomic mass is 10.1. The van der Waals surface area contributed by atoms with Gasteiger partial charge in [0.25, 0.3) is 0 Å². The van der Waals surface area contributed by atoms with Gasteiger partial charge in [-0.15, -0.1) is 0 Å². The summed E-state index contributed by atoms with van der Waals surface area (Å²) in [5.74, 6) is 2.19. The highest BCUT2D eigenvalue weighted by Gasteiger charge is 2.07. The molecule has 0 saturated heterocycles. The molecule has 0 aliphatic rings. The van der Waals surface area contributed by atoms with Crippen LogP contribution >= 0.6 is 0 Å². The van der Waals surface area contributed by atoms with Crippen LogP contribution < -0.4 is 10.1 Å². The van der Waals surface area contributed by atoms with Crippen LogP contribution in [0.1, 0.15) is 32.8 Å². The van der Waals surface area contributed by atoms with E-state index in [9.17, 15) is 0 Å². The zero-order valence-electron chi connectivity index (χ0n) is 10.6. The normalized spacial score (nSPS) is 10.6. The van der Waals surface area contributed by atoms with Crippen LogP contribution in [-0.4, -0.2) is 23.1 Å². The molecule has 0 spiro atoms. The van der Waals surface area contributed by atoms with Gasteiger partial charge in [-0.2, -0.15) is 0 Å². The van der Waals surface area contributed by atoms with Gasteiger partial charge in [0.2, 0.25) is 5.88 Å². The summed E-state index contributed by atoms with van der Waals surface area (Å²) in [6, 6.07) is 0. The van der Waals surface area contributed by atoms with Crippen molar-refractivity contribution in [3.63, 3.8) is 0 Å². The minimum atomic E-state index is 0.649. The van der Waals surface area contributed by atoms with Crippen molar-refractivity contribution in [1.82, 2.24) is 9.97 Å². The molecule has 0 saturated carbocycles. The quantitative estimate of drug-likeness (QED) is 0.805. The molecule has 1 aromatic rings. The van der Waals surface area contributed by atoms with E-state index >= 15 is 0 Å². The Morgan fingerprint density at radius 1 is 1.38 bits per heavy atom. The van der Waals surface area contributed by atoms with Crippen LogP contribution in [0.3, 0.4) is 0 Å². The van der Waals surface area contributed by atoms with Crippen molar-refractivity contribution in [1.29, 1.82) is 0 Å². The van der Waals surface area contributed by atoms with Gasteiger partial charge in [0, 0.05) is 6.54 Å². The summed E-state index contributed by atoms with van der Waals surface area (Å²) in [6.45, 7) is 9.94.